The lowest BCUT2D eigenvalue weighted by molar-refractivity contribution is 0.141. The van der Waals surface area contributed by atoms with Crippen LogP contribution in [0.1, 0.15) is 41.5 Å². The Hall–Kier alpha value is -0.426. The van der Waals surface area contributed by atoms with Crippen LogP contribution in [0.15, 0.2) is 24.3 Å². The smallest absolute Gasteiger partial charge is 0.192 e. The van der Waals surface area contributed by atoms with Crippen molar-refractivity contribution >= 4 is 29.9 Å². The van der Waals surface area contributed by atoms with Gasteiger partial charge in [-0.25, -0.2) is 0 Å². The maximum Gasteiger partial charge on any atom is 0.192 e. The summed E-state index contributed by atoms with van der Waals surface area (Å²) in [5.41, 5.74) is -0.0525. The summed E-state index contributed by atoms with van der Waals surface area (Å²) in [6.07, 6.45) is 0. The largest absolute Gasteiger partial charge is 0.414 e. The average Bonchev–Trinajstić information content (AvgIpc) is 2.22. The molecule has 0 aliphatic heterocycles. The predicted molar refractivity (Wildman–Crippen MR) is 84.5 cm³/mol. The monoisotopic (exact) mass is 282 g/mol. The van der Waals surface area contributed by atoms with Crippen molar-refractivity contribution in [1.82, 2.24) is 0 Å². The third kappa shape index (κ3) is 7.11. The summed E-state index contributed by atoms with van der Waals surface area (Å²) in [6, 6.07) is 8.75. The Morgan fingerprint density at radius 3 is 1.50 bits per heavy atom. The molecule has 0 aliphatic rings. The first kappa shape index (κ1) is 15.6. The van der Waals surface area contributed by atoms with E-state index in [1.807, 2.05) is 0 Å². The summed E-state index contributed by atoms with van der Waals surface area (Å²) < 4.78 is 11.9. The molecule has 0 spiro atoms. The second kappa shape index (κ2) is 6.15. The number of rotatable bonds is 4. The molecule has 4 heteroatoms. The summed E-state index contributed by atoms with van der Waals surface area (Å²) in [4.78, 5) is 0. The van der Waals surface area contributed by atoms with Crippen molar-refractivity contribution in [2.45, 2.75) is 52.7 Å². The van der Waals surface area contributed by atoms with Crippen LogP contribution in [0.2, 0.25) is 0 Å². The lowest BCUT2D eigenvalue weighted by Gasteiger charge is -2.21. The van der Waals surface area contributed by atoms with E-state index in [9.17, 15) is 0 Å². The zero-order valence-corrected chi connectivity index (χ0v) is 15.4. The molecule has 0 N–H and O–H groups in total. The van der Waals surface area contributed by atoms with Gasteiger partial charge >= 0.3 is 0 Å². The van der Waals surface area contributed by atoms with Gasteiger partial charge in [0, 0.05) is 11.2 Å². The Labute approximate surface area is 116 Å². The molecule has 0 amide bonds. The van der Waals surface area contributed by atoms with E-state index in [0.29, 0.717) is 0 Å². The highest BCUT2D eigenvalue weighted by Gasteiger charge is 2.12. The van der Waals surface area contributed by atoms with Gasteiger partial charge in [-0.15, -0.1) is 0 Å². The van der Waals surface area contributed by atoms with Crippen molar-refractivity contribution in [1.29, 1.82) is 0 Å². The molecule has 102 valence electrons. The highest BCUT2D eigenvalue weighted by molar-refractivity contribution is 6.51. The summed E-state index contributed by atoms with van der Waals surface area (Å²) >= 11 is 0. The summed E-state index contributed by atoms with van der Waals surface area (Å²) in [5.74, 6) is 0. The SMILES string of the molecule is CC(C)(C)O[SiH2]c1cccc([SiH2]OC(C)(C)C)c1. The van der Waals surface area contributed by atoms with Gasteiger partial charge < -0.3 is 8.85 Å². The summed E-state index contributed by atoms with van der Waals surface area (Å²) in [5, 5.41) is 2.74. The molecule has 0 atom stereocenters. The van der Waals surface area contributed by atoms with Crippen molar-refractivity contribution < 1.29 is 8.85 Å². The quantitative estimate of drug-likeness (QED) is 0.758. The minimum Gasteiger partial charge on any atom is -0.414 e. The van der Waals surface area contributed by atoms with Gasteiger partial charge in [0.25, 0.3) is 0 Å². The molecule has 0 saturated heterocycles. The molecular formula is C14H26O2Si2. The molecule has 1 aromatic carbocycles. The highest BCUT2D eigenvalue weighted by Crippen LogP contribution is 2.05. The van der Waals surface area contributed by atoms with Gasteiger partial charge in [-0.1, -0.05) is 24.3 Å². The first-order valence-electron chi connectivity index (χ1n) is 6.51. The number of hydrogen-bond acceptors (Lipinski definition) is 2. The Kier molecular flexibility index (Phi) is 5.34. The van der Waals surface area contributed by atoms with Gasteiger partial charge in [-0.05, 0) is 51.9 Å². The van der Waals surface area contributed by atoms with Crippen LogP contribution in [0.3, 0.4) is 0 Å². The summed E-state index contributed by atoms with van der Waals surface area (Å²) in [6.45, 7) is 12.7. The normalized spacial score (nSPS) is 14.1. The third-order valence-electron chi connectivity index (χ3n) is 2.34. The lowest BCUT2D eigenvalue weighted by Crippen LogP contribution is -2.33. The van der Waals surface area contributed by atoms with E-state index < -0.39 is 19.5 Å². The van der Waals surface area contributed by atoms with Crippen molar-refractivity contribution in [3.63, 3.8) is 0 Å². The van der Waals surface area contributed by atoms with Gasteiger partial charge in [-0.3, -0.25) is 0 Å². The second-order valence-corrected chi connectivity index (χ2v) is 9.41. The molecule has 1 aromatic rings. The van der Waals surface area contributed by atoms with E-state index in [2.05, 4.69) is 65.8 Å². The Bertz CT molecular complexity index is 345. The van der Waals surface area contributed by atoms with Crippen molar-refractivity contribution in [2.24, 2.45) is 0 Å². The zero-order chi connectivity index (χ0) is 13.8. The minimum atomic E-state index is -0.621. The molecule has 0 saturated carbocycles. The second-order valence-electron chi connectivity index (χ2n) is 6.62. The van der Waals surface area contributed by atoms with E-state index in [1.54, 1.807) is 0 Å². The van der Waals surface area contributed by atoms with Crippen molar-refractivity contribution in [3.05, 3.63) is 24.3 Å². The maximum absolute atomic E-state index is 5.93. The van der Waals surface area contributed by atoms with E-state index in [1.165, 1.54) is 10.4 Å². The van der Waals surface area contributed by atoms with Crippen LogP contribution in [0.25, 0.3) is 0 Å². The topological polar surface area (TPSA) is 18.5 Å². The Morgan fingerprint density at radius 1 is 0.778 bits per heavy atom. The van der Waals surface area contributed by atoms with Gasteiger partial charge in [0.15, 0.2) is 19.5 Å². The first-order valence-corrected chi connectivity index (χ1v) is 9.08. The fraction of sp³-hybridized carbons (Fsp3) is 0.571. The van der Waals surface area contributed by atoms with Gasteiger partial charge in [0.2, 0.25) is 0 Å². The molecule has 0 bridgehead atoms. The molecular weight excluding hydrogens is 256 g/mol. The molecule has 18 heavy (non-hydrogen) atoms. The van der Waals surface area contributed by atoms with E-state index >= 15 is 0 Å². The summed E-state index contributed by atoms with van der Waals surface area (Å²) in [7, 11) is -1.24. The maximum atomic E-state index is 5.93. The van der Waals surface area contributed by atoms with Crippen LogP contribution < -0.4 is 10.4 Å². The standard InChI is InChI=1S/C14H26O2Si2/c1-13(2,3)15-17-11-8-7-9-12(10-11)18-16-14(4,5)6/h7-10H,17-18H2,1-6H3. The number of benzene rings is 1. The fourth-order valence-electron chi connectivity index (χ4n) is 1.41. The molecule has 2 nitrogen and oxygen atoms in total. The van der Waals surface area contributed by atoms with Crippen LogP contribution in [0.5, 0.6) is 0 Å². The van der Waals surface area contributed by atoms with E-state index in [-0.39, 0.29) is 11.2 Å². The predicted octanol–water partition coefficient (Wildman–Crippen LogP) is 0.735. The molecule has 0 radical (unpaired) electrons. The van der Waals surface area contributed by atoms with Crippen LogP contribution in [-0.4, -0.2) is 30.7 Å². The minimum absolute atomic E-state index is 0.0262. The number of hydrogen-bond donors (Lipinski definition) is 0. The fourth-order valence-corrected chi connectivity index (χ4v) is 4.05. The van der Waals surface area contributed by atoms with Gasteiger partial charge in [-0.2, -0.15) is 0 Å². The van der Waals surface area contributed by atoms with Crippen LogP contribution in [0, 0.1) is 0 Å². The lowest BCUT2D eigenvalue weighted by atomic mass is 10.2. The molecule has 0 unspecified atom stereocenters. The molecule has 0 fully saturated rings. The van der Waals surface area contributed by atoms with Crippen molar-refractivity contribution in [3.8, 4) is 0 Å². The Morgan fingerprint density at radius 2 is 1.17 bits per heavy atom. The van der Waals surface area contributed by atoms with E-state index in [4.69, 9.17) is 8.85 Å². The molecule has 1 rings (SSSR count). The van der Waals surface area contributed by atoms with Crippen molar-refractivity contribution in [2.75, 3.05) is 0 Å². The molecule has 0 aromatic heterocycles. The van der Waals surface area contributed by atoms with Gasteiger partial charge in [0.05, 0.1) is 0 Å². The van der Waals surface area contributed by atoms with Crippen LogP contribution in [-0.2, 0) is 8.85 Å². The highest BCUT2D eigenvalue weighted by atomic mass is 28.2. The average molecular weight is 283 g/mol. The van der Waals surface area contributed by atoms with Crippen LogP contribution in [0.4, 0.5) is 0 Å². The van der Waals surface area contributed by atoms with Gasteiger partial charge in [0.1, 0.15) is 0 Å². The molecule has 0 heterocycles. The molecule has 0 aliphatic carbocycles. The first-order chi connectivity index (χ1) is 8.16. The zero-order valence-electron chi connectivity index (χ0n) is 12.5. The third-order valence-corrected chi connectivity index (χ3v) is 5.90. The van der Waals surface area contributed by atoms with E-state index in [0.717, 1.165) is 0 Å². The van der Waals surface area contributed by atoms with Crippen LogP contribution >= 0.6 is 0 Å². The Balaban J connectivity index is 2.57.